The Labute approximate surface area is 137 Å². The Kier molecular flexibility index (Phi) is 6.10. The minimum atomic E-state index is -0.622. The molecule has 2 rings (SSSR count). The lowest BCUT2D eigenvalue weighted by molar-refractivity contribution is -0.124. The second-order valence-electron chi connectivity index (χ2n) is 4.50. The van der Waals surface area contributed by atoms with E-state index in [0.717, 1.165) is 0 Å². The van der Waals surface area contributed by atoms with Crippen molar-refractivity contribution in [2.45, 2.75) is 11.6 Å². The highest BCUT2D eigenvalue weighted by atomic mass is 32.2. The maximum Gasteiger partial charge on any atom is 0.341 e. The Balaban J connectivity index is 1.84. The summed E-state index contributed by atoms with van der Waals surface area (Å²) in [6, 6.07) is 9.33. The van der Waals surface area contributed by atoms with Crippen molar-refractivity contribution in [1.82, 2.24) is 10.3 Å². The van der Waals surface area contributed by atoms with Gasteiger partial charge in [-0.15, -0.1) is 11.8 Å². The molecule has 0 radical (unpaired) electrons. The molecule has 1 amide bonds. The number of thioether (sulfide) groups is 1. The molecule has 2 aromatic rings. The Morgan fingerprint density at radius 1 is 1.26 bits per heavy atom. The fourth-order valence-electron chi connectivity index (χ4n) is 1.80. The topological polar surface area (TPSA) is 68.3 Å². The molecule has 0 saturated heterocycles. The molecular formula is C16H15FN2O3S. The highest BCUT2D eigenvalue weighted by Gasteiger charge is 2.14. The number of hydrogen-bond donors (Lipinski definition) is 1. The van der Waals surface area contributed by atoms with E-state index in [2.05, 4.69) is 10.3 Å². The number of aromatic nitrogens is 1. The molecule has 1 aromatic heterocycles. The number of benzene rings is 1. The molecule has 0 saturated carbocycles. The van der Waals surface area contributed by atoms with E-state index in [4.69, 9.17) is 4.74 Å². The number of carbonyl (C=O) groups excluding carboxylic acids is 2. The number of halogens is 1. The van der Waals surface area contributed by atoms with Gasteiger partial charge in [0.05, 0.1) is 5.56 Å². The zero-order chi connectivity index (χ0) is 16.7. The summed E-state index contributed by atoms with van der Waals surface area (Å²) in [4.78, 5) is 27.7. The number of hydrogen-bond acceptors (Lipinski definition) is 5. The van der Waals surface area contributed by atoms with Crippen LogP contribution >= 0.6 is 11.8 Å². The molecule has 5 nitrogen and oxygen atoms in total. The van der Waals surface area contributed by atoms with Gasteiger partial charge < -0.3 is 10.1 Å². The highest BCUT2D eigenvalue weighted by molar-refractivity contribution is 7.98. The Morgan fingerprint density at radius 2 is 2.04 bits per heavy atom. The first-order valence-corrected chi connectivity index (χ1v) is 8.00. The van der Waals surface area contributed by atoms with Gasteiger partial charge in [-0.2, -0.15) is 0 Å². The molecule has 1 N–H and O–H groups in total. The van der Waals surface area contributed by atoms with Crippen molar-refractivity contribution in [3.05, 3.63) is 59.5 Å². The number of carbonyl (C=O) groups is 2. The summed E-state index contributed by atoms with van der Waals surface area (Å²) in [7, 11) is 0. The second-order valence-corrected chi connectivity index (χ2v) is 5.30. The van der Waals surface area contributed by atoms with E-state index < -0.39 is 24.3 Å². The van der Waals surface area contributed by atoms with Crippen LogP contribution in [0.25, 0.3) is 0 Å². The van der Waals surface area contributed by atoms with Crippen molar-refractivity contribution in [3.63, 3.8) is 0 Å². The van der Waals surface area contributed by atoms with E-state index in [-0.39, 0.29) is 6.54 Å². The van der Waals surface area contributed by atoms with E-state index in [9.17, 15) is 14.0 Å². The number of esters is 1. The van der Waals surface area contributed by atoms with Crippen LogP contribution in [0.1, 0.15) is 15.9 Å². The average molecular weight is 334 g/mol. The molecule has 1 aromatic carbocycles. The molecule has 0 bridgehead atoms. The smallest absolute Gasteiger partial charge is 0.341 e. The maximum atomic E-state index is 13.4. The number of ether oxygens (including phenoxy) is 1. The SMILES string of the molecule is CSc1ncccc1C(=O)OCC(=O)NCc1ccccc1F. The number of amides is 1. The lowest BCUT2D eigenvalue weighted by atomic mass is 10.2. The van der Waals surface area contributed by atoms with Gasteiger partial charge in [-0.05, 0) is 24.5 Å². The molecular weight excluding hydrogens is 319 g/mol. The third-order valence-electron chi connectivity index (χ3n) is 2.95. The molecule has 0 aliphatic carbocycles. The highest BCUT2D eigenvalue weighted by Crippen LogP contribution is 2.17. The predicted octanol–water partition coefficient (Wildman–Crippen LogP) is 2.42. The largest absolute Gasteiger partial charge is 0.452 e. The Hall–Kier alpha value is -2.41. The van der Waals surface area contributed by atoms with Crippen molar-refractivity contribution >= 4 is 23.6 Å². The van der Waals surface area contributed by atoms with Crippen LogP contribution in [0, 0.1) is 5.82 Å². The summed E-state index contributed by atoms with van der Waals surface area (Å²) < 4.78 is 18.4. The standard InChI is InChI=1S/C16H15FN2O3S/c1-23-15-12(6-4-8-18-15)16(21)22-10-14(20)19-9-11-5-2-3-7-13(11)17/h2-8H,9-10H2,1H3,(H,19,20). The van der Waals surface area contributed by atoms with E-state index in [1.54, 1.807) is 42.8 Å². The number of pyridine rings is 1. The molecule has 0 fully saturated rings. The van der Waals surface area contributed by atoms with Gasteiger partial charge >= 0.3 is 5.97 Å². The van der Waals surface area contributed by atoms with Gasteiger partial charge in [-0.25, -0.2) is 14.2 Å². The normalized spacial score (nSPS) is 10.2. The minimum Gasteiger partial charge on any atom is -0.452 e. The van der Waals surface area contributed by atoms with Gasteiger partial charge in [-0.3, -0.25) is 4.79 Å². The maximum absolute atomic E-state index is 13.4. The van der Waals surface area contributed by atoms with Crippen molar-refractivity contribution in [2.75, 3.05) is 12.9 Å². The summed E-state index contributed by atoms with van der Waals surface area (Å²) in [5.41, 5.74) is 0.672. The number of nitrogens with one attached hydrogen (secondary N) is 1. The zero-order valence-corrected chi connectivity index (χ0v) is 13.2. The van der Waals surface area contributed by atoms with Crippen molar-refractivity contribution in [3.8, 4) is 0 Å². The van der Waals surface area contributed by atoms with Crippen molar-refractivity contribution in [2.24, 2.45) is 0 Å². The predicted molar refractivity (Wildman–Crippen MR) is 84.5 cm³/mol. The van der Waals surface area contributed by atoms with Gasteiger partial charge in [0.2, 0.25) is 0 Å². The summed E-state index contributed by atoms with van der Waals surface area (Å²) in [6.07, 6.45) is 3.37. The zero-order valence-electron chi connectivity index (χ0n) is 12.4. The van der Waals surface area contributed by atoms with Crippen molar-refractivity contribution < 1.29 is 18.7 Å². The van der Waals surface area contributed by atoms with E-state index >= 15 is 0 Å². The molecule has 0 atom stereocenters. The van der Waals surface area contributed by atoms with Gasteiger partial charge in [0.25, 0.3) is 5.91 Å². The monoisotopic (exact) mass is 334 g/mol. The molecule has 0 spiro atoms. The molecule has 23 heavy (non-hydrogen) atoms. The molecule has 1 heterocycles. The van der Waals surface area contributed by atoms with Gasteiger partial charge in [0.15, 0.2) is 6.61 Å². The quantitative estimate of drug-likeness (QED) is 0.649. The fraction of sp³-hybridized carbons (Fsp3) is 0.188. The third kappa shape index (κ3) is 4.79. The molecule has 0 aliphatic heterocycles. The average Bonchev–Trinajstić information content (AvgIpc) is 2.58. The van der Waals surface area contributed by atoms with Crippen molar-refractivity contribution in [1.29, 1.82) is 0 Å². The first kappa shape index (κ1) is 17.0. The Bertz CT molecular complexity index is 709. The molecule has 120 valence electrons. The minimum absolute atomic E-state index is 0.0337. The molecule has 0 aliphatic rings. The lowest BCUT2D eigenvalue weighted by Crippen LogP contribution is -2.28. The van der Waals surface area contributed by atoms with E-state index in [1.807, 2.05) is 0 Å². The van der Waals surface area contributed by atoms with Crippen LogP contribution < -0.4 is 5.32 Å². The van der Waals surface area contributed by atoms with Crippen LogP contribution in [0.15, 0.2) is 47.6 Å². The van der Waals surface area contributed by atoms with Crippen LogP contribution in [0.3, 0.4) is 0 Å². The first-order valence-electron chi connectivity index (χ1n) is 6.78. The number of nitrogens with zero attached hydrogens (tertiary/aromatic N) is 1. The Morgan fingerprint density at radius 3 is 2.78 bits per heavy atom. The lowest BCUT2D eigenvalue weighted by Gasteiger charge is -2.08. The summed E-state index contributed by atoms with van der Waals surface area (Å²) >= 11 is 1.31. The molecule has 0 unspecified atom stereocenters. The summed E-state index contributed by atoms with van der Waals surface area (Å²) in [5.74, 6) is -1.52. The fourth-order valence-corrected chi connectivity index (χ4v) is 2.34. The van der Waals surface area contributed by atoms with E-state index in [1.165, 1.54) is 17.8 Å². The first-order chi connectivity index (χ1) is 11.1. The van der Waals surface area contributed by atoms with Gasteiger partial charge in [-0.1, -0.05) is 18.2 Å². The summed E-state index contributed by atoms with van der Waals surface area (Å²) in [5, 5.41) is 3.03. The van der Waals surface area contributed by atoms with Crippen LogP contribution in [0.5, 0.6) is 0 Å². The van der Waals surface area contributed by atoms with Crippen LogP contribution in [-0.4, -0.2) is 29.7 Å². The third-order valence-corrected chi connectivity index (χ3v) is 3.66. The van der Waals surface area contributed by atoms with Gasteiger partial charge in [0.1, 0.15) is 10.8 Å². The van der Waals surface area contributed by atoms with Gasteiger partial charge in [0, 0.05) is 18.3 Å². The van der Waals surface area contributed by atoms with Crippen LogP contribution in [0.4, 0.5) is 4.39 Å². The van der Waals surface area contributed by atoms with Crippen LogP contribution in [0.2, 0.25) is 0 Å². The summed E-state index contributed by atoms with van der Waals surface area (Å²) in [6.45, 7) is -0.401. The van der Waals surface area contributed by atoms with Crippen LogP contribution in [-0.2, 0) is 16.1 Å². The molecule has 7 heteroatoms. The second kappa shape index (κ2) is 8.28. The number of rotatable bonds is 6. The van der Waals surface area contributed by atoms with E-state index in [0.29, 0.717) is 16.2 Å².